The summed E-state index contributed by atoms with van der Waals surface area (Å²) in [4.78, 5) is 1.18. The lowest BCUT2D eigenvalue weighted by atomic mass is 10.1. The fourth-order valence-electron chi connectivity index (χ4n) is 5.77. The van der Waals surface area contributed by atoms with E-state index in [2.05, 4.69) is 18.0 Å². The number of nitrogens with zero attached hydrogens (tertiary/aromatic N) is 2. The molecule has 246 valence electrons. The van der Waals surface area contributed by atoms with E-state index < -0.39 is 31.1 Å². The molecule has 2 aromatic heterocycles. The molecule has 0 spiro atoms. The highest BCUT2D eigenvalue weighted by atomic mass is 32.2. The highest BCUT2D eigenvalue weighted by Crippen LogP contribution is 2.46. The molecular weight excluding hydrogens is 685 g/mol. The summed E-state index contributed by atoms with van der Waals surface area (Å²) in [7, 11) is -9.32. The predicted molar refractivity (Wildman–Crippen MR) is 190 cm³/mol. The smallest absolute Gasteiger partial charge is 0.326 e. The SMILES string of the molecule is C=C=C=C(N1C(=CC(=Cc2sc3ccc(-c4ccccc4)cc3[n+]2CS(=O)(=O)O)CC)Oc2cc3c(cc21)oc1ccccc13)S(=O)(=O)O. The molecule has 10 nitrogen and oxygen atoms in total. The van der Waals surface area contributed by atoms with Crippen LogP contribution in [-0.2, 0) is 26.1 Å². The number of thiazole rings is 1. The van der Waals surface area contributed by atoms with Crippen molar-refractivity contribution in [3.63, 3.8) is 0 Å². The molecule has 4 aromatic carbocycles. The third-order valence-corrected chi connectivity index (χ3v) is 10.4. The topological polar surface area (TPSA) is 138 Å². The zero-order chi connectivity index (χ0) is 34.5. The van der Waals surface area contributed by atoms with Crippen molar-refractivity contribution in [2.45, 2.75) is 19.2 Å². The summed E-state index contributed by atoms with van der Waals surface area (Å²) in [5.41, 5.74) is 9.09. The molecule has 6 aromatic rings. The molecule has 0 saturated carbocycles. The predicted octanol–water partition coefficient (Wildman–Crippen LogP) is 7.80. The molecule has 2 N–H and O–H groups in total. The first-order valence-corrected chi connectivity index (χ1v) is 18.7. The van der Waals surface area contributed by atoms with Gasteiger partial charge in [-0.2, -0.15) is 21.4 Å². The van der Waals surface area contributed by atoms with Gasteiger partial charge in [-0.15, -0.1) is 0 Å². The van der Waals surface area contributed by atoms with Crippen molar-refractivity contribution in [3.05, 3.63) is 131 Å². The van der Waals surface area contributed by atoms with Crippen LogP contribution >= 0.6 is 11.3 Å². The van der Waals surface area contributed by atoms with E-state index in [-0.39, 0.29) is 11.6 Å². The second-order valence-corrected chi connectivity index (χ2v) is 14.9. The molecule has 13 heteroatoms. The first kappa shape index (κ1) is 32.3. The van der Waals surface area contributed by atoms with Crippen LogP contribution in [0, 0.1) is 0 Å². The monoisotopic (exact) mass is 711 g/mol. The van der Waals surface area contributed by atoms with E-state index in [1.807, 2.05) is 79.7 Å². The van der Waals surface area contributed by atoms with Gasteiger partial charge in [0.05, 0.1) is 5.69 Å². The van der Waals surface area contributed by atoms with E-state index in [9.17, 15) is 25.9 Å². The Hall–Kier alpha value is -5.23. The molecule has 49 heavy (non-hydrogen) atoms. The van der Waals surface area contributed by atoms with E-state index in [0.717, 1.165) is 26.6 Å². The Morgan fingerprint density at radius 3 is 2.41 bits per heavy atom. The van der Waals surface area contributed by atoms with Crippen molar-refractivity contribution in [1.29, 1.82) is 0 Å². The fourth-order valence-corrected chi connectivity index (χ4v) is 8.19. The minimum atomic E-state index is -4.88. The molecule has 0 amide bonds. The Kier molecular flexibility index (Phi) is 8.14. The van der Waals surface area contributed by atoms with Gasteiger partial charge in [0, 0.05) is 35.1 Å². The number of fused-ring (bicyclic) bond motifs is 5. The lowest BCUT2D eigenvalue weighted by Crippen LogP contribution is -2.39. The molecule has 0 atom stereocenters. The Bertz CT molecular complexity index is 2690. The number of aromatic nitrogens is 1. The zero-order valence-corrected chi connectivity index (χ0v) is 28.3. The molecule has 7 rings (SSSR count). The summed E-state index contributed by atoms with van der Waals surface area (Å²) in [5, 5.41) is 1.41. The van der Waals surface area contributed by atoms with E-state index in [4.69, 9.17) is 9.15 Å². The second-order valence-electron chi connectivity index (χ2n) is 11.1. The van der Waals surface area contributed by atoms with Gasteiger partial charge in [-0.3, -0.25) is 14.0 Å². The number of furan rings is 1. The Morgan fingerprint density at radius 1 is 0.939 bits per heavy atom. The number of allylic oxidation sites excluding steroid dienone is 2. The first-order chi connectivity index (χ1) is 23.4. The van der Waals surface area contributed by atoms with Gasteiger partial charge in [-0.1, -0.05) is 78.6 Å². The molecular formula is C36H27N2O8S3+. The highest BCUT2D eigenvalue weighted by Gasteiger charge is 2.36. The van der Waals surface area contributed by atoms with Crippen molar-refractivity contribution in [3.8, 4) is 16.9 Å². The zero-order valence-electron chi connectivity index (χ0n) is 25.8. The van der Waals surface area contributed by atoms with Gasteiger partial charge in [0.2, 0.25) is 16.4 Å². The summed E-state index contributed by atoms with van der Waals surface area (Å²) in [6.07, 6.45) is 3.74. The summed E-state index contributed by atoms with van der Waals surface area (Å²) < 4.78 is 84.5. The molecule has 0 unspecified atom stereocenters. The fraction of sp³-hybridized carbons (Fsp3) is 0.0833. The average Bonchev–Trinajstić information content (AvgIpc) is 3.71. The number of hydrogen-bond acceptors (Lipinski definition) is 8. The standard InChI is InChI=1S/C36H26N2O8S3/c1-3-10-36(49(42,43)44)38-28-21-31-27(26-13-8-9-14-30(26)45-31)20-32(28)46-34(38)17-23(4-2)18-35-37(22-48(39,40)41)29-19-25(15-16-33(29)47-35)24-11-6-5-7-12-24/h5-9,11-21H,1,4,22H2,2H3,(H-,39,40,41,42,43,44)/p+1. The van der Waals surface area contributed by atoms with E-state index >= 15 is 0 Å². The van der Waals surface area contributed by atoms with Gasteiger partial charge in [0.15, 0.2) is 5.75 Å². The average molecular weight is 712 g/mol. The molecule has 0 fully saturated rings. The van der Waals surface area contributed by atoms with Crippen LogP contribution in [0.3, 0.4) is 0 Å². The highest BCUT2D eigenvalue weighted by molar-refractivity contribution is 7.90. The summed E-state index contributed by atoms with van der Waals surface area (Å²) in [6, 6.07) is 26.1. The maximum absolute atomic E-state index is 12.7. The Balaban J connectivity index is 1.40. The van der Waals surface area contributed by atoms with Gasteiger partial charge < -0.3 is 9.15 Å². The molecule has 1 aliphatic rings. The van der Waals surface area contributed by atoms with Crippen LogP contribution in [-0.4, -0.2) is 25.9 Å². The maximum atomic E-state index is 12.7. The minimum Gasteiger partial charge on any atom is -0.456 e. The molecule has 0 bridgehead atoms. The Labute approximate surface area is 285 Å². The molecule has 0 radical (unpaired) electrons. The van der Waals surface area contributed by atoms with Gasteiger partial charge in [-0.05, 0) is 53.6 Å². The van der Waals surface area contributed by atoms with Crippen LogP contribution in [0.15, 0.2) is 130 Å². The van der Waals surface area contributed by atoms with E-state index in [1.165, 1.54) is 20.8 Å². The van der Waals surface area contributed by atoms with Gasteiger partial charge >= 0.3 is 20.2 Å². The minimum absolute atomic E-state index is 0.0178. The lowest BCUT2D eigenvalue weighted by molar-refractivity contribution is -0.649. The van der Waals surface area contributed by atoms with E-state index in [1.54, 1.807) is 24.3 Å². The quantitative estimate of drug-likeness (QED) is 0.0920. The van der Waals surface area contributed by atoms with Crippen molar-refractivity contribution < 1.29 is 39.7 Å². The number of ether oxygens (including phenoxy) is 1. The number of anilines is 1. The molecule has 0 saturated heterocycles. The lowest BCUT2D eigenvalue weighted by Gasteiger charge is -2.18. The Morgan fingerprint density at radius 2 is 1.69 bits per heavy atom. The van der Waals surface area contributed by atoms with Crippen LogP contribution < -0.4 is 14.2 Å². The largest absolute Gasteiger partial charge is 0.456 e. The van der Waals surface area contributed by atoms with Crippen LogP contribution in [0.4, 0.5) is 5.69 Å². The van der Waals surface area contributed by atoms with Gasteiger partial charge in [0.1, 0.15) is 15.9 Å². The first-order valence-electron chi connectivity index (χ1n) is 14.9. The van der Waals surface area contributed by atoms with Gasteiger partial charge in [-0.25, -0.2) is 0 Å². The third kappa shape index (κ3) is 6.24. The maximum Gasteiger partial charge on any atom is 0.326 e. The third-order valence-electron chi connectivity index (χ3n) is 7.93. The molecule has 3 heterocycles. The second kappa shape index (κ2) is 12.3. The van der Waals surface area contributed by atoms with E-state index in [0.29, 0.717) is 39.4 Å². The summed E-state index contributed by atoms with van der Waals surface area (Å²) in [5.74, 6) is -0.375. The number of para-hydroxylation sites is 1. The normalized spacial score (nSPS) is 14.3. The van der Waals surface area contributed by atoms with Crippen molar-refractivity contribution >= 4 is 75.5 Å². The summed E-state index contributed by atoms with van der Waals surface area (Å²) >= 11 is 1.32. The van der Waals surface area contributed by atoms with Gasteiger partial charge in [0.25, 0.3) is 10.9 Å². The van der Waals surface area contributed by atoms with Crippen molar-refractivity contribution in [1.82, 2.24) is 0 Å². The summed E-state index contributed by atoms with van der Waals surface area (Å²) in [6.45, 7) is 5.31. The van der Waals surface area contributed by atoms with Crippen molar-refractivity contribution in [2.24, 2.45) is 0 Å². The number of benzene rings is 4. The molecule has 1 aliphatic heterocycles. The van der Waals surface area contributed by atoms with Crippen LogP contribution in [0.2, 0.25) is 0 Å². The van der Waals surface area contributed by atoms with Crippen LogP contribution in [0.1, 0.15) is 18.4 Å². The van der Waals surface area contributed by atoms with Crippen molar-refractivity contribution in [2.75, 3.05) is 4.90 Å². The molecule has 0 aliphatic carbocycles. The van der Waals surface area contributed by atoms with Crippen LogP contribution in [0.5, 0.6) is 5.75 Å². The number of hydrogen-bond donors (Lipinski definition) is 2. The van der Waals surface area contributed by atoms with Crippen LogP contribution in [0.25, 0.3) is 49.4 Å². The number of rotatable bonds is 8.